The van der Waals surface area contributed by atoms with Gasteiger partial charge < -0.3 is 10.2 Å². The van der Waals surface area contributed by atoms with Crippen molar-refractivity contribution in [2.24, 2.45) is 11.8 Å². The van der Waals surface area contributed by atoms with Crippen LogP contribution in [0, 0.1) is 11.8 Å². The van der Waals surface area contributed by atoms with Gasteiger partial charge in [-0.15, -0.1) is 0 Å². The van der Waals surface area contributed by atoms with E-state index in [0.29, 0.717) is 12.8 Å². The molecule has 0 aromatic heterocycles. The highest BCUT2D eigenvalue weighted by Gasteiger charge is 2.50. The lowest BCUT2D eigenvalue weighted by molar-refractivity contribution is -0.143. The lowest BCUT2D eigenvalue weighted by atomic mass is 9.85. The SMILES string of the molecule is CC(C)C1(O)CN(S(=O)(=O)N2CCC(C(=O)O)CC2)C1. The molecule has 2 rings (SSSR count). The number of carbonyl (C=O) groups is 1. The van der Waals surface area contributed by atoms with Gasteiger partial charge in [0.15, 0.2) is 0 Å². The topological polar surface area (TPSA) is 98.2 Å². The number of hydrogen-bond acceptors (Lipinski definition) is 4. The van der Waals surface area contributed by atoms with Crippen LogP contribution in [0.5, 0.6) is 0 Å². The summed E-state index contributed by atoms with van der Waals surface area (Å²) in [5, 5.41) is 19.0. The Hall–Kier alpha value is -0.700. The predicted octanol–water partition coefficient (Wildman–Crippen LogP) is -0.269. The summed E-state index contributed by atoms with van der Waals surface area (Å²) in [6.45, 7) is 4.42. The zero-order valence-corrected chi connectivity index (χ0v) is 12.6. The Labute approximate surface area is 119 Å². The molecule has 0 aromatic rings. The van der Waals surface area contributed by atoms with Gasteiger partial charge >= 0.3 is 5.97 Å². The van der Waals surface area contributed by atoms with Crippen LogP contribution in [0.25, 0.3) is 0 Å². The van der Waals surface area contributed by atoms with Crippen LogP contribution in [0.1, 0.15) is 26.7 Å². The van der Waals surface area contributed by atoms with E-state index in [2.05, 4.69) is 0 Å². The fraction of sp³-hybridized carbons (Fsp3) is 0.917. The van der Waals surface area contributed by atoms with E-state index in [4.69, 9.17) is 5.11 Å². The summed E-state index contributed by atoms with van der Waals surface area (Å²) in [6.07, 6.45) is 0.688. The van der Waals surface area contributed by atoms with Crippen molar-refractivity contribution >= 4 is 16.2 Å². The van der Waals surface area contributed by atoms with E-state index in [1.165, 1.54) is 8.61 Å². The van der Waals surface area contributed by atoms with Crippen LogP contribution in [0.15, 0.2) is 0 Å². The third-order valence-corrected chi connectivity index (χ3v) is 6.36. The number of carboxylic acids is 1. The quantitative estimate of drug-likeness (QED) is 0.745. The van der Waals surface area contributed by atoms with Crippen molar-refractivity contribution in [1.29, 1.82) is 0 Å². The average molecular weight is 306 g/mol. The lowest BCUT2D eigenvalue weighted by Gasteiger charge is -2.49. The second-order valence-corrected chi connectivity index (χ2v) is 7.97. The van der Waals surface area contributed by atoms with Crippen molar-refractivity contribution < 1.29 is 23.4 Å². The second kappa shape index (κ2) is 5.25. The number of rotatable bonds is 4. The molecule has 0 aliphatic carbocycles. The van der Waals surface area contributed by atoms with Gasteiger partial charge in [0.05, 0.1) is 11.5 Å². The summed E-state index contributed by atoms with van der Waals surface area (Å²) in [5.74, 6) is -1.31. The first-order valence-corrected chi connectivity index (χ1v) is 8.27. The van der Waals surface area contributed by atoms with Crippen LogP contribution in [0.4, 0.5) is 0 Å². The molecular formula is C12H22N2O5S. The Morgan fingerprint density at radius 1 is 1.20 bits per heavy atom. The second-order valence-electron chi connectivity index (χ2n) is 6.05. The van der Waals surface area contributed by atoms with Crippen molar-refractivity contribution in [3.63, 3.8) is 0 Å². The minimum Gasteiger partial charge on any atom is -0.481 e. The van der Waals surface area contributed by atoms with Gasteiger partial charge in [-0.05, 0) is 18.8 Å². The van der Waals surface area contributed by atoms with Crippen molar-refractivity contribution in [3.8, 4) is 0 Å². The van der Waals surface area contributed by atoms with E-state index in [1.54, 1.807) is 0 Å². The normalized spacial score (nSPS) is 25.6. The molecule has 0 saturated carbocycles. The predicted molar refractivity (Wildman–Crippen MR) is 72.2 cm³/mol. The molecule has 0 amide bonds. The molecule has 2 N–H and O–H groups in total. The van der Waals surface area contributed by atoms with Crippen LogP contribution in [0.2, 0.25) is 0 Å². The Kier molecular flexibility index (Phi) is 4.12. The molecule has 20 heavy (non-hydrogen) atoms. The Bertz CT molecular complexity index is 476. The highest BCUT2D eigenvalue weighted by Crippen LogP contribution is 2.33. The molecule has 2 aliphatic rings. The van der Waals surface area contributed by atoms with Gasteiger partial charge in [-0.1, -0.05) is 13.8 Å². The molecule has 116 valence electrons. The number of aliphatic hydroxyl groups is 1. The molecular weight excluding hydrogens is 284 g/mol. The Balaban J connectivity index is 1.95. The van der Waals surface area contributed by atoms with E-state index >= 15 is 0 Å². The molecule has 0 spiro atoms. The molecule has 0 unspecified atom stereocenters. The van der Waals surface area contributed by atoms with Gasteiger partial charge in [-0.2, -0.15) is 17.0 Å². The molecule has 2 heterocycles. The van der Waals surface area contributed by atoms with Gasteiger partial charge in [0.2, 0.25) is 0 Å². The third kappa shape index (κ3) is 2.69. The van der Waals surface area contributed by atoms with Gasteiger partial charge in [0, 0.05) is 26.2 Å². The number of aliphatic carboxylic acids is 1. The minimum atomic E-state index is -3.57. The molecule has 0 atom stereocenters. The maximum Gasteiger partial charge on any atom is 0.306 e. The summed E-state index contributed by atoms with van der Waals surface area (Å²) in [6, 6.07) is 0. The van der Waals surface area contributed by atoms with Gasteiger partial charge in [0.25, 0.3) is 10.2 Å². The van der Waals surface area contributed by atoms with E-state index < -0.39 is 27.7 Å². The van der Waals surface area contributed by atoms with Gasteiger partial charge in [-0.25, -0.2) is 0 Å². The fourth-order valence-electron chi connectivity index (χ4n) is 2.59. The van der Waals surface area contributed by atoms with Crippen molar-refractivity contribution in [1.82, 2.24) is 8.61 Å². The standard InChI is InChI=1S/C12H22N2O5S/c1-9(2)12(17)7-14(8-12)20(18,19)13-5-3-10(4-6-13)11(15)16/h9-10,17H,3-8H2,1-2H3,(H,15,16). The van der Waals surface area contributed by atoms with E-state index in [1.807, 2.05) is 13.8 Å². The Morgan fingerprint density at radius 3 is 2.10 bits per heavy atom. The zero-order valence-electron chi connectivity index (χ0n) is 11.8. The Morgan fingerprint density at radius 2 is 1.70 bits per heavy atom. The summed E-state index contributed by atoms with van der Waals surface area (Å²) >= 11 is 0. The fourth-order valence-corrected chi connectivity index (χ4v) is 4.36. The molecule has 2 aliphatic heterocycles. The number of β-amino-alcohol motifs (C(OH)–C–C–N with tert-alkyl or cyclic N) is 1. The summed E-state index contributed by atoms with van der Waals surface area (Å²) in [5.41, 5.74) is -0.938. The molecule has 2 saturated heterocycles. The van der Waals surface area contributed by atoms with E-state index in [-0.39, 0.29) is 32.1 Å². The van der Waals surface area contributed by atoms with E-state index in [0.717, 1.165) is 0 Å². The number of piperidine rings is 1. The molecule has 0 bridgehead atoms. The van der Waals surface area contributed by atoms with Crippen LogP contribution in [-0.2, 0) is 15.0 Å². The molecule has 0 aromatic carbocycles. The smallest absolute Gasteiger partial charge is 0.306 e. The van der Waals surface area contributed by atoms with Gasteiger partial charge in [-0.3, -0.25) is 4.79 Å². The molecule has 8 heteroatoms. The van der Waals surface area contributed by atoms with Crippen molar-refractivity contribution in [2.45, 2.75) is 32.3 Å². The highest BCUT2D eigenvalue weighted by atomic mass is 32.2. The summed E-state index contributed by atoms with van der Waals surface area (Å²) in [7, 11) is -3.57. The van der Waals surface area contributed by atoms with Crippen molar-refractivity contribution in [3.05, 3.63) is 0 Å². The lowest BCUT2D eigenvalue weighted by Crippen LogP contribution is -2.68. The average Bonchev–Trinajstić information content (AvgIpc) is 2.34. The number of nitrogens with zero attached hydrogens (tertiary/aromatic N) is 2. The van der Waals surface area contributed by atoms with Gasteiger partial charge in [0.1, 0.15) is 0 Å². The van der Waals surface area contributed by atoms with Crippen LogP contribution in [0.3, 0.4) is 0 Å². The largest absolute Gasteiger partial charge is 0.481 e. The van der Waals surface area contributed by atoms with Crippen LogP contribution >= 0.6 is 0 Å². The summed E-state index contributed by atoms with van der Waals surface area (Å²) in [4.78, 5) is 10.9. The first-order chi connectivity index (χ1) is 9.17. The summed E-state index contributed by atoms with van der Waals surface area (Å²) < 4.78 is 27.3. The monoisotopic (exact) mass is 306 g/mol. The number of hydrogen-bond donors (Lipinski definition) is 2. The van der Waals surface area contributed by atoms with Crippen LogP contribution in [-0.4, -0.2) is 65.0 Å². The first kappa shape index (κ1) is 15.7. The third-order valence-electron chi connectivity index (χ3n) is 4.43. The maximum absolute atomic E-state index is 12.3. The van der Waals surface area contributed by atoms with E-state index in [9.17, 15) is 18.3 Å². The molecule has 0 radical (unpaired) electrons. The first-order valence-electron chi connectivity index (χ1n) is 6.87. The molecule has 7 nitrogen and oxygen atoms in total. The maximum atomic E-state index is 12.3. The highest BCUT2D eigenvalue weighted by molar-refractivity contribution is 7.86. The zero-order chi connectivity index (χ0) is 15.1. The van der Waals surface area contributed by atoms with Crippen LogP contribution < -0.4 is 0 Å². The van der Waals surface area contributed by atoms with Crippen molar-refractivity contribution in [2.75, 3.05) is 26.2 Å². The minimum absolute atomic E-state index is 0.00620. The number of carboxylic acid groups (broad SMARTS) is 1. The molecule has 2 fully saturated rings.